The van der Waals surface area contributed by atoms with Gasteiger partial charge in [-0.1, -0.05) is 41.4 Å². The predicted molar refractivity (Wildman–Crippen MR) is 128 cm³/mol. The zero-order valence-corrected chi connectivity index (χ0v) is 19.3. The van der Waals surface area contributed by atoms with Gasteiger partial charge in [0, 0.05) is 33.4 Å². The standard InChI is InChI=1S/C25H19Cl2F2N3O2/c26-16-5-8-18-15(9-16)10-22(34)32(20-11-19(13-1-2-13)31-24(27)23(18)20)12-21(33)30-17-6-3-14(4-7-17)25(28)29/h3-9,11,13,25H,1-2,10,12H2,(H,30,33). The summed E-state index contributed by atoms with van der Waals surface area (Å²) in [5, 5.41) is 3.43. The fourth-order valence-corrected chi connectivity index (χ4v) is 4.64. The molecule has 5 nitrogen and oxygen atoms in total. The summed E-state index contributed by atoms with van der Waals surface area (Å²) in [5.74, 6) is -0.460. The average Bonchev–Trinajstić information content (AvgIpc) is 3.64. The molecule has 0 saturated heterocycles. The van der Waals surface area contributed by atoms with Crippen molar-refractivity contribution in [2.75, 3.05) is 16.8 Å². The van der Waals surface area contributed by atoms with Gasteiger partial charge in [-0.2, -0.15) is 0 Å². The van der Waals surface area contributed by atoms with E-state index in [1.54, 1.807) is 12.1 Å². The van der Waals surface area contributed by atoms with Gasteiger partial charge in [0.25, 0.3) is 6.43 Å². The van der Waals surface area contributed by atoms with Crippen molar-refractivity contribution in [3.8, 4) is 11.1 Å². The molecule has 5 rings (SSSR count). The summed E-state index contributed by atoms with van der Waals surface area (Å²) in [5.41, 5.74) is 3.57. The number of nitrogens with one attached hydrogen (secondary N) is 1. The van der Waals surface area contributed by atoms with E-state index < -0.39 is 12.3 Å². The van der Waals surface area contributed by atoms with Crippen LogP contribution < -0.4 is 10.2 Å². The largest absolute Gasteiger partial charge is 0.325 e. The first kappa shape index (κ1) is 22.7. The maximum Gasteiger partial charge on any atom is 0.263 e. The third-order valence-electron chi connectivity index (χ3n) is 5.99. The highest BCUT2D eigenvalue weighted by Crippen LogP contribution is 2.46. The normalized spacial score (nSPS) is 15.1. The number of hydrogen-bond acceptors (Lipinski definition) is 3. The number of carbonyl (C=O) groups is 2. The van der Waals surface area contributed by atoms with Crippen LogP contribution in [0, 0.1) is 0 Å². The number of carbonyl (C=O) groups excluding carboxylic acids is 2. The first-order chi connectivity index (χ1) is 16.3. The lowest BCUT2D eigenvalue weighted by Crippen LogP contribution is -2.38. The van der Waals surface area contributed by atoms with Crippen LogP contribution in [0.4, 0.5) is 20.2 Å². The van der Waals surface area contributed by atoms with E-state index in [9.17, 15) is 18.4 Å². The number of pyridine rings is 1. The number of aromatic nitrogens is 1. The van der Waals surface area contributed by atoms with Crippen LogP contribution in [0.5, 0.6) is 0 Å². The molecule has 1 aromatic heterocycles. The van der Waals surface area contributed by atoms with Gasteiger partial charge in [0.1, 0.15) is 11.7 Å². The number of fused-ring (bicyclic) bond motifs is 3. The molecule has 174 valence electrons. The third-order valence-corrected chi connectivity index (χ3v) is 6.50. The first-order valence-corrected chi connectivity index (χ1v) is 11.5. The lowest BCUT2D eigenvalue weighted by molar-refractivity contribution is -0.121. The maximum absolute atomic E-state index is 13.3. The molecule has 2 heterocycles. The second-order valence-corrected chi connectivity index (χ2v) is 9.23. The van der Waals surface area contributed by atoms with Gasteiger partial charge in [-0.05, 0) is 54.3 Å². The van der Waals surface area contributed by atoms with Crippen molar-refractivity contribution in [1.29, 1.82) is 0 Å². The van der Waals surface area contributed by atoms with Crippen LogP contribution in [-0.2, 0) is 16.0 Å². The summed E-state index contributed by atoms with van der Waals surface area (Å²) in [4.78, 5) is 32.2. The van der Waals surface area contributed by atoms with Gasteiger partial charge >= 0.3 is 0 Å². The molecule has 0 atom stereocenters. The summed E-state index contributed by atoms with van der Waals surface area (Å²) in [6.07, 6.45) is -0.560. The fraction of sp³-hybridized carbons (Fsp3) is 0.240. The lowest BCUT2D eigenvalue weighted by Gasteiger charge is -2.24. The molecule has 34 heavy (non-hydrogen) atoms. The van der Waals surface area contributed by atoms with Gasteiger partial charge in [0.2, 0.25) is 11.8 Å². The van der Waals surface area contributed by atoms with Crippen molar-refractivity contribution >= 4 is 46.4 Å². The molecule has 1 N–H and O–H groups in total. The first-order valence-electron chi connectivity index (χ1n) is 10.8. The molecule has 0 radical (unpaired) electrons. The van der Waals surface area contributed by atoms with Crippen molar-refractivity contribution < 1.29 is 18.4 Å². The van der Waals surface area contributed by atoms with E-state index in [1.807, 2.05) is 12.1 Å². The number of hydrogen-bond donors (Lipinski definition) is 1. The van der Waals surface area contributed by atoms with Gasteiger partial charge in [-0.3, -0.25) is 9.59 Å². The maximum atomic E-state index is 13.3. The Morgan fingerprint density at radius 3 is 2.53 bits per heavy atom. The Labute approximate surface area is 204 Å². The average molecular weight is 502 g/mol. The van der Waals surface area contributed by atoms with Gasteiger partial charge in [-0.15, -0.1) is 0 Å². The Morgan fingerprint density at radius 1 is 1.12 bits per heavy atom. The predicted octanol–water partition coefficient (Wildman–Crippen LogP) is 6.40. The number of halogens is 4. The van der Waals surface area contributed by atoms with Crippen molar-refractivity contribution in [1.82, 2.24) is 4.98 Å². The molecule has 1 aliphatic carbocycles. The van der Waals surface area contributed by atoms with Crippen LogP contribution in [0.2, 0.25) is 10.2 Å². The van der Waals surface area contributed by atoms with Crippen LogP contribution in [0.3, 0.4) is 0 Å². The smallest absolute Gasteiger partial charge is 0.263 e. The minimum Gasteiger partial charge on any atom is -0.325 e. The zero-order chi connectivity index (χ0) is 24.0. The fourth-order valence-electron chi connectivity index (χ4n) is 4.14. The Kier molecular flexibility index (Phi) is 6.00. The van der Waals surface area contributed by atoms with E-state index in [1.165, 1.54) is 29.2 Å². The Balaban J connectivity index is 1.50. The Bertz CT molecular complexity index is 1290. The van der Waals surface area contributed by atoms with Gasteiger partial charge in [-0.25, -0.2) is 13.8 Å². The number of nitrogens with zero attached hydrogens (tertiary/aromatic N) is 2. The molecule has 9 heteroatoms. The highest BCUT2D eigenvalue weighted by molar-refractivity contribution is 6.34. The molecule has 1 aliphatic heterocycles. The minimum absolute atomic E-state index is 0.0377. The molecule has 2 amide bonds. The number of alkyl halides is 2. The molecule has 1 fully saturated rings. The monoisotopic (exact) mass is 501 g/mol. The summed E-state index contributed by atoms with van der Waals surface area (Å²) in [6, 6.07) is 12.4. The Hall–Kier alpha value is -3.03. The van der Waals surface area contributed by atoms with Crippen LogP contribution in [-0.4, -0.2) is 23.3 Å². The summed E-state index contributed by atoms with van der Waals surface area (Å²) < 4.78 is 25.6. The van der Waals surface area contributed by atoms with Crippen LogP contribution >= 0.6 is 23.2 Å². The van der Waals surface area contributed by atoms with Crippen molar-refractivity contribution in [2.24, 2.45) is 0 Å². The number of rotatable bonds is 5. The van der Waals surface area contributed by atoms with Gasteiger partial charge in [0.05, 0.1) is 12.1 Å². The van der Waals surface area contributed by atoms with Gasteiger partial charge < -0.3 is 10.2 Å². The van der Waals surface area contributed by atoms with E-state index in [4.69, 9.17) is 23.2 Å². The summed E-state index contributed by atoms with van der Waals surface area (Å²) >= 11 is 12.8. The van der Waals surface area contributed by atoms with E-state index in [0.29, 0.717) is 27.5 Å². The molecule has 2 aromatic carbocycles. The molecule has 0 spiro atoms. The molecule has 0 bridgehead atoms. The molecular formula is C25H19Cl2F2N3O2. The number of anilines is 2. The number of amides is 2. The van der Waals surface area contributed by atoms with Crippen LogP contribution in [0.25, 0.3) is 11.1 Å². The van der Waals surface area contributed by atoms with Crippen LogP contribution in [0.15, 0.2) is 48.5 Å². The third kappa shape index (κ3) is 4.50. The number of benzene rings is 2. The molecular weight excluding hydrogens is 483 g/mol. The zero-order valence-electron chi connectivity index (χ0n) is 17.8. The highest BCUT2D eigenvalue weighted by Gasteiger charge is 2.33. The summed E-state index contributed by atoms with van der Waals surface area (Å²) in [7, 11) is 0. The molecule has 0 unspecified atom stereocenters. The lowest BCUT2D eigenvalue weighted by atomic mass is 9.98. The van der Waals surface area contributed by atoms with Crippen LogP contribution in [0.1, 0.15) is 42.0 Å². The second-order valence-electron chi connectivity index (χ2n) is 8.44. The molecule has 3 aromatic rings. The van der Waals surface area contributed by atoms with Crippen molar-refractivity contribution in [3.05, 3.63) is 75.5 Å². The van der Waals surface area contributed by atoms with E-state index in [0.717, 1.165) is 24.1 Å². The summed E-state index contributed by atoms with van der Waals surface area (Å²) in [6.45, 7) is -0.269. The van der Waals surface area contributed by atoms with Crippen molar-refractivity contribution in [2.45, 2.75) is 31.6 Å². The van der Waals surface area contributed by atoms with Crippen molar-refractivity contribution in [3.63, 3.8) is 0 Å². The highest BCUT2D eigenvalue weighted by atomic mass is 35.5. The van der Waals surface area contributed by atoms with E-state index in [-0.39, 0.29) is 35.5 Å². The minimum atomic E-state index is -2.59. The molecule has 2 aliphatic rings. The Morgan fingerprint density at radius 2 is 1.85 bits per heavy atom. The van der Waals surface area contributed by atoms with E-state index >= 15 is 0 Å². The topological polar surface area (TPSA) is 62.3 Å². The van der Waals surface area contributed by atoms with E-state index in [2.05, 4.69) is 10.3 Å². The van der Waals surface area contributed by atoms with Gasteiger partial charge in [0.15, 0.2) is 0 Å². The molecule has 1 saturated carbocycles. The quantitative estimate of drug-likeness (QED) is 0.411. The SMILES string of the molecule is O=C(CN1C(=O)Cc2cc(Cl)ccc2-c2c1cc(C1CC1)nc2Cl)Nc1ccc(C(F)F)cc1. The second kappa shape index (κ2) is 8.96.